The van der Waals surface area contributed by atoms with Gasteiger partial charge in [-0.25, -0.2) is 9.97 Å². The van der Waals surface area contributed by atoms with Crippen molar-refractivity contribution in [1.29, 1.82) is 0 Å². The Hall–Kier alpha value is -5.08. The summed E-state index contributed by atoms with van der Waals surface area (Å²) in [6, 6.07) is 31.7. The minimum Gasteiger partial charge on any atom is -0.379 e. The lowest BCUT2D eigenvalue weighted by atomic mass is 9.99. The molecule has 0 aliphatic heterocycles. The van der Waals surface area contributed by atoms with Gasteiger partial charge in [0.1, 0.15) is 5.01 Å². The summed E-state index contributed by atoms with van der Waals surface area (Å²) in [6.07, 6.45) is 5.33. The number of hydrogen-bond donors (Lipinski definition) is 1. The van der Waals surface area contributed by atoms with E-state index in [4.69, 9.17) is 0 Å². The Bertz CT molecular complexity index is 1750. The maximum Gasteiger partial charge on any atom is 0.275 e. The Labute approximate surface area is 235 Å². The van der Waals surface area contributed by atoms with E-state index in [9.17, 15) is 10.1 Å². The number of nitrogens with zero attached hydrogens (tertiary/aromatic N) is 4. The fourth-order valence-corrected chi connectivity index (χ4v) is 5.42. The van der Waals surface area contributed by atoms with Crippen molar-refractivity contribution < 1.29 is 4.92 Å². The molecule has 0 fully saturated rings. The lowest BCUT2D eigenvalue weighted by Crippen LogP contribution is -2.09. The van der Waals surface area contributed by atoms with Gasteiger partial charge in [0, 0.05) is 40.7 Å². The van der Waals surface area contributed by atoms with E-state index in [1.165, 1.54) is 0 Å². The quantitative estimate of drug-likeness (QED) is 0.148. The van der Waals surface area contributed by atoms with Crippen LogP contribution in [0.15, 0.2) is 121 Å². The number of imidazole rings is 1. The average Bonchev–Trinajstić information content (AvgIpc) is 3.70. The van der Waals surface area contributed by atoms with Gasteiger partial charge in [0.15, 0.2) is 0 Å². The monoisotopic (exact) mass is 543 g/mol. The van der Waals surface area contributed by atoms with Crippen LogP contribution in [-0.2, 0) is 13.1 Å². The molecule has 6 aromatic rings. The van der Waals surface area contributed by atoms with Gasteiger partial charge in [-0.15, -0.1) is 11.3 Å². The number of nitro groups is 1. The summed E-state index contributed by atoms with van der Waals surface area (Å²) in [5.74, 6) is 0. The lowest BCUT2D eigenvalue weighted by Gasteiger charge is -2.14. The number of nitro benzene ring substituents is 1. The predicted molar refractivity (Wildman–Crippen MR) is 160 cm³/mol. The minimum atomic E-state index is -0.314. The maximum atomic E-state index is 12.0. The highest BCUT2D eigenvalue weighted by atomic mass is 32.1. The second-order valence-electron chi connectivity index (χ2n) is 9.30. The van der Waals surface area contributed by atoms with Crippen LogP contribution in [-0.4, -0.2) is 19.5 Å². The third-order valence-corrected chi connectivity index (χ3v) is 7.58. The summed E-state index contributed by atoms with van der Waals surface area (Å²) in [7, 11) is 0. The summed E-state index contributed by atoms with van der Waals surface area (Å²) in [5, 5.41) is 18.4. The number of anilines is 1. The van der Waals surface area contributed by atoms with Crippen LogP contribution in [0.1, 0.15) is 11.3 Å². The van der Waals surface area contributed by atoms with Crippen LogP contribution >= 0.6 is 11.3 Å². The molecule has 40 heavy (non-hydrogen) atoms. The first kappa shape index (κ1) is 25.2. The standard InChI is InChI=1S/C32H25N5O2S/c38-37(39)31-17-25(23-7-3-1-4-8-23)11-12-26(31)21-36-22-33-19-28(36)20-35-27-13-14-29(32-34-15-16-40-32)30(18-27)24-9-5-2-6-10-24/h1-19,22,35H,20-21H2. The third-order valence-electron chi connectivity index (χ3n) is 6.77. The number of rotatable bonds is 9. The number of nitrogens with one attached hydrogen (secondary N) is 1. The SMILES string of the molecule is O=[N+]([O-])c1cc(-c2ccccc2)ccc1Cn1cncc1CNc1ccc(-c2nccs2)c(-c2ccccc2)c1. The molecule has 196 valence electrons. The van der Waals surface area contributed by atoms with Crippen LogP contribution in [0.4, 0.5) is 11.4 Å². The van der Waals surface area contributed by atoms with E-state index >= 15 is 0 Å². The molecule has 6 rings (SSSR count). The summed E-state index contributed by atoms with van der Waals surface area (Å²) in [5.41, 5.74) is 7.68. The fraction of sp³-hybridized carbons (Fsp3) is 0.0625. The van der Waals surface area contributed by atoms with Crippen LogP contribution in [0, 0.1) is 10.1 Å². The highest BCUT2D eigenvalue weighted by Gasteiger charge is 2.17. The highest BCUT2D eigenvalue weighted by molar-refractivity contribution is 7.13. The molecule has 0 amide bonds. The molecule has 4 aromatic carbocycles. The first-order valence-corrected chi connectivity index (χ1v) is 13.7. The molecule has 0 aliphatic rings. The topological polar surface area (TPSA) is 85.9 Å². The van der Waals surface area contributed by atoms with E-state index in [0.29, 0.717) is 18.7 Å². The third kappa shape index (κ3) is 5.39. The molecule has 2 aromatic heterocycles. The molecule has 0 saturated heterocycles. The zero-order valence-corrected chi connectivity index (χ0v) is 22.3. The minimum absolute atomic E-state index is 0.0965. The Morgan fingerprint density at radius 2 is 1.62 bits per heavy atom. The molecule has 0 saturated carbocycles. The molecule has 0 atom stereocenters. The molecule has 0 spiro atoms. The van der Waals surface area contributed by atoms with Crippen molar-refractivity contribution in [2.45, 2.75) is 13.1 Å². The van der Waals surface area contributed by atoms with Crippen molar-refractivity contribution in [3.05, 3.63) is 143 Å². The second kappa shape index (κ2) is 11.3. The molecule has 7 nitrogen and oxygen atoms in total. The number of aromatic nitrogens is 3. The Morgan fingerprint density at radius 3 is 2.35 bits per heavy atom. The van der Waals surface area contributed by atoms with Crippen LogP contribution in [0.3, 0.4) is 0 Å². The van der Waals surface area contributed by atoms with E-state index < -0.39 is 0 Å². The maximum absolute atomic E-state index is 12.0. The summed E-state index contributed by atoms with van der Waals surface area (Å²) in [6.45, 7) is 0.862. The van der Waals surface area contributed by atoms with Crippen LogP contribution in [0.25, 0.3) is 32.8 Å². The van der Waals surface area contributed by atoms with Crippen LogP contribution < -0.4 is 5.32 Å². The van der Waals surface area contributed by atoms with Gasteiger partial charge >= 0.3 is 0 Å². The number of hydrogen-bond acceptors (Lipinski definition) is 6. The van der Waals surface area contributed by atoms with Gasteiger partial charge in [0.05, 0.1) is 30.0 Å². The molecule has 0 unspecified atom stereocenters. The first-order chi connectivity index (χ1) is 19.7. The van der Waals surface area contributed by atoms with Crippen LogP contribution in [0.5, 0.6) is 0 Å². The number of thiazole rings is 1. The number of benzene rings is 4. The summed E-state index contributed by atoms with van der Waals surface area (Å²) in [4.78, 5) is 20.5. The zero-order chi connectivity index (χ0) is 27.3. The van der Waals surface area contributed by atoms with E-state index in [-0.39, 0.29) is 10.6 Å². The van der Waals surface area contributed by atoms with Gasteiger partial charge in [-0.05, 0) is 46.5 Å². The predicted octanol–water partition coefficient (Wildman–Crippen LogP) is 7.91. The summed E-state index contributed by atoms with van der Waals surface area (Å²) < 4.78 is 1.94. The molecule has 0 aliphatic carbocycles. The molecule has 8 heteroatoms. The first-order valence-electron chi connectivity index (χ1n) is 12.8. The van der Waals surface area contributed by atoms with Gasteiger partial charge in [-0.1, -0.05) is 66.7 Å². The van der Waals surface area contributed by atoms with Gasteiger partial charge in [-0.3, -0.25) is 10.1 Å². The van der Waals surface area contributed by atoms with E-state index in [1.807, 2.05) is 76.8 Å². The molecular formula is C32H25N5O2S. The Morgan fingerprint density at radius 1 is 0.850 bits per heavy atom. The van der Waals surface area contributed by atoms with Crippen molar-refractivity contribution >= 4 is 22.7 Å². The highest BCUT2D eigenvalue weighted by Crippen LogP contribution is 2.35. The van der Waals surface area contributed by atoms with E-state index in [1.54, 1.807) is 29.9 Å². The molecule has 2 heterocycles. The van der Waals surface area contributed by atoms with E-state index in [0.717, 1.165) is 44.2 Å². The molecule has 0 radical (unpaired) electrons. The summed E-state index contributed by atoms with van der Waals surface area (Å²) >= 11 is 1.62. The smallest absolute Gasteiger partial charge is 0.275 e. The fourth-order valence-electron chi connectivity index (χ4n) is 4.75. The van der Waals surface area contributed by atoms with Gasteiger partial charge in [-0.2, -0.15) is 0 Å². The second-order valence-corrected chi connectivity index (χ2v) is 10.2. The van der Waals surface area contributed by atoms with Gasteiger partial charge in [0.25, 0.3) is 5.69 Å². The lowest BCUT2D eigenvalue weighted by molar-refractivity contribution is -0.385. The molecule has 1 N–H and O–H groups in total. The van der Waals surface area contributed by atoms with Gasteiger partial charge in [0.2, 0.25) is 0 Å². The molecular weight excluding hydrogens is 518 g/mol. The van der Waals surface area contributed by atoms with Crippen molar-refractivity contribution in [1.82, 2.24) is 14.5 Å². The zero-order valence-electron chi connectivity index (χ0n) is 21.5. The normalized spacial score (nSPS) is 10.9. The average molecular weight is 544 g/mol. The Balaban J connectivity index is 1.24. The largest absolute Gasteiger partial charge is 0.379 e. The Kier molecular flexibility index (Phi) is 7.15. The van der Waals surface area contributed by atoms with Crippen molar-refractivity contribution in [2.24, 2.45) is 0 Å². The van der Waals surface area contributed by atoms with Crippen molar-refractivity contribution in [3.63, 3.8) is 0 Å². The van der Waals surface area contributed by atoms with Crippen molar-refractivity contribution in [2.75, 3.05) is 5.32 Å². The van der Waals surface area contributed by atoms with E-state index in [2.05, 4.69) is 45.6 Å². The van der Waals surface area contributed by atoms with Gasteiger partial charge < -0.3 is 9.88 Å². The van der Waals surface area contributed by atoms with Crippen LogP contribution in [0.2, 0.25) is 0 Å². The molecule has 0 bridgehead atoms. The van der Waals surface area contributed by atoms with Crippen molar-refractivity contribution in [3.8, 4) is 32.8 Å².